The van der Waals surface area contributed by atoms with E-state index in [2.05, 4.69) is 0 Å². The number of alkyl halides is 2. The van der Waals surface area contributed by atoms with E-state index in [1.54, 1.807) is 6.92 Å². The normalized spacial score (nSPS) is 10.2. The highest BCUT2D eigenvalue weighted by Gasteiger charge is 2.06. The number of hydrogen-bond acceptors (Lipinski definition) is 0. The molecule has 0 bridgehead atoms. The lowest BCUT2D eigenvalue weighted by Crippen LogP contribution is -2.05. The first-order valence-corrected chi connectivity index (χ1v) is 3.60. The lowest BCUT2D eigenvalue weighted by Gasteiger charge is -2.09. The third kappa shape index (κ3) is 24.8. The van der Waals surface area contributed by atoms with Gasteiger partial charge in [-0.3, -0.25) is 8.78 Å². The van der Waals surface area contributed by atoms with Crippen LogP contribution in [0, 0.1) is 5.41 Å². The van der Waals surface area contributed by atoms with Crippen molar-refractivity contribution in [3.8, 4) is 0 Å². The molecule has 0 aliphatic heterocycles. The molecule has 0 atom stereocenters. The molecule has 2 heteroatoms. The third-order valence-electron chi connectivity index (χ3n) is 0.590. The van der Waals surface area contributed by atoms with E-state index in [1.807, 2.05) is 20.8 Å². The lowest BCUT2D eigenvalue weighted by molar-refractivity contribution is 0.285. The fourth-order valence-corrected chi connectivity index (χ4v) is 0. The van der Waals surface area contributed by atoms with Gasteiger partial charge in [0.25, 0.3) is 0 Å². The van der Waals surface area contributed by atoms with Crippen LogP contribution < -0.4 is 0 Å². The molecule has 0 N–H and O–H groups in total. The molecule has 0 rings (SSSR count). The first-order valence-electron chi connectivity index (χ1n) is 3.60. The van der Waals surface area contributed by atoms with Gasteiger partial charge in [0.05, 0.1) is 13.3 Å². The molecule has 0 unspecified atom stereocenters. The minimum absolute atomic E-state index is 0.125. The predicted molar refractivity (Wildman–Crippen MR) is 41.7 cm³/mol. The Morgan fingerprint density at radius 1 is 1.10 bits per heavy atom. The summed E-state index contributed by atoms with van der Waals surface area (Å²) in [5.74, 6) is 0. The Bertz CT molecular complexity index is 52.8. The summed E-state index contributed by atoms with van der Waals surface area (Å²) in [5.41, 5.74) is -0.125. The van der Waals surface area contributed by atoms with Crippen molar-refractivity contribution in [2.24, 2.45) is 5.41 Å². The SMILES string of the molecule is CC(C)(C)CF.CCCF. The van der Waals surface area contributed by atoms with Gasteiger partial charge in [0.2, 0.25) is 0 Å². The fraction of sp³-hybridized carbons (Fsp3) is 1.00. The van der Waals surface area contributed by atoms with Gasteiger partial charge in [-0.2, -0.15) is 0 Å². The molecule has 0 aromatic rings. The molecule has 0 amide bonds. The number of rotatable bonds is 1. The lowest BCUT2D eigenvalue weighted by atomic mass is 10.00. The van der Waals surface area contributed by atoms with Crippen LogP contribution in [0.4, 0.5) is 8.78 Å². The number of hydrogen-bond donors (Lipinski definition) is 0. The van der Waals surface area contributed by atoms with Crippen molar-refractivity contribution in [2.75, 3.05) is 13.3 Å². The largest absolute Gasteiger partial charge is 0.251 e. The monoisotopic (exact) mass is 152 g/mol. The summed E-state index contributed by atoms with van der Waals surface area (Å²) in [7, 11) is 0. The van der Waals surface area contributed by atoms with Crippen molar-refractivity contribution in [1.29, 1.82) is 0 Å². The van der Waals surface area contributed by atoms with E-state index in [-0.39, 0.29) is 18.8 Å². The molecule has 10 heavy (non-hydrogen) atoms. The first-order chi connectivity index (χ1) is 4.47. The van der Waals surface area contributed by atoms with E-state index >= 15 is 0 Å². The minimum atomic E-state index is -0.229. The zero-order valence-electron chi connectivity index (χ0n) is 7.38. The van der Waals surface area contributed by atoms with Crippen molar-refractivity contribution < 1.29 is 8.78 Å². The summed E-state index contributed by atoms with van der Waals surface area (Å²) in [6.07, 6.45) is 0.653. The van der Waals surface area contributed by atoms with Crippen molar-refractivity contribution in [1.82, 2.24) is 0 Å². The maximum absolute atomic E-state index is 11.5. The van der Waals surface area contributed by atoms with Gasteiger partial charge < -0.3 is 0 Å². The van der Waals surface area contributed by atoms with Gasteiger partial charge in [-0.1, -0.05) is 27.7 Å². The van der Waals surface area contributed by atoms with Gasteiger partial charge in [0.15, 0.2) is 0 Å². The van der Waals surface area contributed by atoms with Crippen LogP contribution in [0.15, 0.2) is 0 Å². The van der Waals surface area contributed by atoms with Crippen molar-refractivity contribution in [3.05, 3.63) is 0 Å². The molecule has 0 heterocycles. The summed E-state index contributed by atoms with van der Waals surface area (Å²) in [6, 6.07) is 0. The van der Waals surface area contributed by atoms with Crippen LogP contribution in [0.3, 0.4) is 0 Å². The molecule has 64 valence electrons. The third-order valence-corrected chi connectivity index (χ3v) is 0.590. The topological polar surface area (TPSA) is 0 Å². The van der Waals surface area contributed by atoms with E-state index in [1.165, 1.54) is 0 Å². The van der Waals surface area contributed by atoms with E-state index in [0.29, 0.717) is 6.42 Å². The summed E-state index contributed by atoms with van der Waals surface area (Å²) < 4.78 is 22.2. The summed E-state index contributed by atoms with van der Waals surface area (Å²) >= 11 is 0. The van der Waals surface area contributed by atoms with Crippen LogP contribution in [-0.2, 0) is 0 Å². The van der Waals surface area contributed by atoms with Crippen LogP contribution in [0.1, 0.15) is 34.1 Å². The molecular formula is C8H18F2. The Morgan fingerprint density at radius 2 is 1.30 bits per heavy atom. The van der Waals surface area contributed by atoms with Crippen LogP contribution in [0.2, 0.25) is 0 Å². The van der Waals surface area contributed by atoms with Gasteiger partial charge in [-0.15, -0.1) is 0 Å². The highest BCUT2D eigenvalue weighted by molar-refractivity contribution is 4.56. The van der Waals surface area contributed by atoms with Gasteiger partial charge in [0.1, 0.15) is 0 Å². The summed E-state index contributed by atoms with van der Waals surface area (Å²) in [4.78, 5) is 0. The fourth-order valence-electron chi connectivity index (χ4n) is 0. The second-order valence-corrected chi connectivity index (χ2v) is 3.38. The molecule has 0 spiro atoms. The van der Waals surface area contributed by atoms with Crippen LogP contribution >= 0.6 is 0 Å². The van der Waals surface area contributed by atoms with Crippen LogP contribution in [-0.4, -0.2) is 13.3 Å². The molecule has 0 nitrogen and oxygen atoms in total. The molecule has 0 aromatic heterocycles. The Labute approximate surface area is 62.6 Å². The predicted octanol–water partition coefficient (Wildman–Crippen LogP) is 3.37. The van der Waals surface area contributed by atoms with Crippen LogP contribution in [0.5, 0.6) is 0 Å². The van der Waals surface area contributed by atoms with E-state index in [4.69, 9.17) is 0 Å². The molecule has 0 radical (unpaired) electrons. The Kier molecular flexibility index (Phi) is 8.74. The standard InChI is InChI=1S/C5H11F.C3H7F/c1-5(2,3)4-6;1-2-3-4/h4H2,1-3H3;2-3H2,1H3. The van der Waals surface area contributed by atoms with Gasteiger partial charge in [0, 0.05) is 0 Å². The maximum atomic E-state index is 11.5. The molecule has 0 fully saturated rings. The summed E-state index contributed by atoms with van der Waals surface area (Å²) in [6.45, 7) is 7.00. The quantitative estimate of drug-likeness (QED) is 0.540. The second-order valence-electron chi connectivity index (χ2n) is 3.38. The van der Waals surface area contributed by atoms with Gasteiger partial charge in [-0.05, 0) is 11.8 Å². The number of halogens is 2. The molecule has 0 saturated carbocycles. The molecule has 0 aliphatic rings. The molecule has 0 aromatic carbocycles. The highest BCUT2D eigenvalue weighted by atomic mass is 19.1. The summed E-state index contributed by atoms with van der Waals surface area (Å²) in [5, 5.41) is 0. The maximum Gasteiger partial charge on any atom is 0.0942 e. The van der Waals surface area contributed by atoms with Gasteiger partial charge in [-0.25, -0.2) is 0 Å². The average molecular weight is 152 g/mol. The zero-order valence-corrected chi connectivity index (χ0v) is 7.38. The first kappa shape index (κ1) is 12.5. The molecule has 0 saturated heterocycles. The second kappa shape index (κ2) is 6.97. The van der Waals surface area contributed by atoms with Crippen LogP contribution in [0.25, 0.3) is 0 Å². The Balaban J connectivity index is 0. The van der Waals surface area contributed by atoms with E-state index < -0.39 is 0 Å². The minimum Gasteiger partial charge on any atom is -0.251 e. The van der Waals surface area contributed by atoms with E-state index in [9.17, 15) is 8.78 Å². The molecular weight excluding hydrogens is 134 g/mol. The smallest absolute Gasteiger partial charge is 0.0942 e. The van der Waals surface area contributed by atoms with Crippen molar-refractivity contribution in [3.63, 3.8) is 0 Å². The average Bonchev–Trinajstić information content (AvgIpc) is 1.87. The van der Waals surface area contributed by atoms with Crippen molar-refractivity contribution >= 4 is 0 Å². The Hall–Kier alpha value is -0.140. The van der Waals surface area contributed by atoms with Crippen molar-refractivity contribution in [2.45, 2.75) is 34.1 Å². The zero-order chi connectivity index (χ0) is 8.62. The van der Waals surface area contributed by atoms with E-state index in [0.717, 1.165) is 0 Å². The highest BCUT2D eigenvalue weighted by Crippen LogP contribution is 2.11. The Morgan fingerprint density at radius 3 is 1.30 bits per heavy atom. The van der Waals surface area contributed by atoms with Gasteiger partial charge >= 0.3 is 0 Å². The molecule has 0 aliphatic carbocycles.